The Balaban J connectivity index is 2.20. The van der Waals surface area contributed by atoms with Gasteiger partial charge in [0.2, 0.25) is 15.9 Å². The molecule has 7 nitrogen and oxygen atoms in total. The van der Waals surface area contributed by atoms with Crippen LogP contribution in [0.1, 0.15) is 5.56 Å². The molecule has 0 fully saturated rings. The van der Waals surface area contributed by atoms with Gasteiger partial charge in [0.15, 0.2) is 6.10 Å². The Bertz CT molecular complexity index is 832. The first-order valence-corrected chi connectivity index (χ1v) is 9.31. The van der Waals surface area contributed by atoms with E-state index in [2.05, 4.69) is 0 Å². The zero-order chi connectivity index (χ0) is 18.6. The number of ether oxygens (including phenoxy) is 1. The van der Waals surface area contributed by atoms with Crippen LogP contribution in [0.3, 0.4) is 0 Å². The topological polar surface area (TPSA) is 110 Å². The molecule has 134 valence electrons. The lowest BCUT2D eigenvalue weighted by Gasteiger charge is -2.24. The lowest BCUT2D eigenvalue weighted by atomic mass is 10.2. The number of carbonyl (C=O) groups is 1. The van der Waals surface area contributed by atoms with Crippen LogP contribution in [0.2, 0.25) is 0 Å². The Kier molecular flexibility index (Phi) is 5.66. The lowest BCUT2D eigenvalue weighted by Crippen LogP contribution is -2.42. The molecule has 0 saturated carbocycles. The largest absolute Gasteiger partial charge is 0.457 e. The zero-order valence-electron chi connectivity index (χ0n) is 13.9. The van der Waals surface area contributed by atoms with Crippen molar-refractivity contribution in [1.29, 1.82) is 0 Å². The summed E-state index contributed by atoms with van der Waals surface area (Å²) in [5.41, 5.74) is 6.40. The number of hydrogen-bond donors (Lipinski definition) is 2. The van der Waals surface area contributed by atoms with E-state index in [1.807, 2.05) is 31.2 Å². The number of hydrogen-bond acceptors (Lipinski definition) is 5. The van der Waals surface area contributed by atoms with E-state index in [1.54, 1.807) is 12.1 Å². The third-order valence-corrected chi connectivity index (χ3v) is 4.61. The summed E-state index contributed by atoms with van der Waals surface area (Å²) in [6.07, 6.45) is -0.615. The Morgan fingerprint density at radius 2 is 1.60 bits per heavy atom. The summed E-state index contributed by atoms with van der Waals surface area (Å²) >= 11 is 0. The number of sulfonamides is 1. The predicted octanol–water partition coefficient (Wildman–Crippen LogP) is 1.40. The first-order valence-electron chi connectivity index (χ1n) is 7.46. The molecule has 0 radical (unpaired) electrons. The lowest BCUT2D eigenvalue weighted by molar-refractivity contribution is -0.125. The Labute approximate surface area is 146 Å². The average Bonchev–Trinajstić information content (AvgIpc) is 2.54. The second-order valence-corrected chi connectivity index (χ2v) is 7.53. The standard InChI is InChI=1S/C17H20N2O5S/c1-12-3-7-14(8-4-12)24-15-9-5-13(6-10-15)19(25(2,22)23)11-16(20)17(18)21/h3-10,16,20H,11H2,1-2H3,(H2,18,21)/t16-/m0/s1. The minimum absolute atomic E-state index is 0.291. The number of carbonyl (C=O) groups excluding carboxylic acids is 1. The van der Waals surface area contributed by atoms with Gasteiger partial charge in [0.25, 0.3) is 0 Å². The minimum atomic E-state index is -3.70. The van der Waals surface area contributed by atoms with Gasteiger partial charge < -0.3 is 15.6 Å². The fourth-order valence-corrected chi connectivity index (χ4v) is 3.02. The van der Waals surface area contributed by atoms with Gasteiger partial charge in [-0.15, -0.1) is 0 Å². The number of aliphatic hydroxyl groups is 1. The van der Waals surface area contributed by atoms with Crippen molar-refractivity contribution in [2.24, 2.45) is 5.73 Å². The molecule has 8 heteroatoms. The van der Waals surface area contributed by atoms with Crippen LogP contribution in [-0.4, -0.2) is 38.3 Å². The molecule has 2 rings (SSSR count). The fourth-order valence-electron chi connectivity index (χ4n) is 2.10. The monoisotopic (exact) mass is 364 g/mol. The highest BCUT2D eigenvalue weighted by molar-refractivity contribution is 7.92. The molecule has 0 saturated heterocycles. The van der Waals surface area contributed by atoms with Crippen LogP contribution in [-0.2, 0) is 14.8 Å². The zero-order valence-corrected chi connectivity index (χ0v) is 14.7. The van der Waals surface area contributed by atoms with Crippen molar-refractivity contribution in [3.05, 3.63) is 54.1 Å². The van der Waals surface area contributed by atoms with Gasteiger partial charge in [0.05, 0.1) is 18.5 Å². The van der Waals surface area contributed by atoms with Crippen LogP contribution >= 0.6 is 0 Å². The number of aryl methyl sites for hydroxylation is 1. The average molecular weight is 364 g/mol. The maximum absolute atomic E-state index is 11.9. The summed E-state index contributed by atoms with van der Waals surface area (Å²) in [7, 11) is -3.70. The van der Waals surface area contributed by atoms with Crippen molar-refractivity contribution in [2.45, 2.75) is 13.0 Å². The summed E-state index contributed by atoms with van der Waals surface area (Å²) in [5, 5.41) is 9.59. The Morgan fingerprint density at radius 3 is 2.04 bits per heavy atom. The molecule has 25 heavy (non-hydrogen) atoms. The molecule has 1 amide bonds. The van der Waals surface area contributed by atoms with Crippen LogP contribution in [0.25, 0.3) is 0 Å². The number of rotatable bonds is 7. The Morgan fingerprint density at radius 1 is 1.12 bits per heavy atom. The van der Waals surface area contributed by atoms with Gasteiger partial charge >= 0.3 is 0 Å². The van der Waals surface area contributed by atoms with Crippen LogP contribution in [0.4, 0.5) is 5.69 Å². The summed E-state index contributed by atoms with van der Waals surface area (Å²) < 4.78 is 30.5. The smallest absolute Gasteiger partial charge is 0.248 e. The van der Waals surface area contributed by atoms with E-state index in [-0.39, 0.29) is 0 Å². The van der Waals surface area contributed by atoms with Crippen molar-refractivity contribution in [3.8, 4) is 11.5 Å². The normalized spacial score (nSPS) is 12.4. The highest BCUT2D eigenvalue weighted by Crippen LogP contribution is 2.26. The maximum atomic E-state index is 11.9. The van der Waals surface area contributed by atoms with Crippen molar-refractivity contribution < 1.29 is 23.1 Å². The first-order chi connectivity index (χ1) is 11.7. The van der Waals surface area contributed by atoms with E-state index in [0.717, 1.165) is 16.1 Å². The number of anilines is 1. The molecule has 1 atom stereocenters. The molecular weight excluding hydrogens is 344 g/mol. The maximum Gasteiger partial charge on any atom is 0.248 e. The van der Waals surface area contributed by atoms with Gasteiger partial charge in [-0.25, -0.2) is 8.42 Å². The molecule has 0 aliphatic rings. The fraction of sp³-hybridized carbons (Fsp3) is 0.235. The molecule has 0 aromatic heterocycles. The van der Waals surface area contributed by atoms with Crippen LogP contribution in [0, 0.1) is 6.92 Å². The highest BCUT2D eigenvalue weighted by atomic mass is 32.2. The van der Waals surface area contributed by atoms with Crippen molar-refractivity contribution in [2.75, 3.05) is 17.1 Å². The summed E-state index contributed by atoms with van der Waals surface area (Å²) in [6.45, 7) is 1.52. The van der Waals surface area contributed by atoms with Crippen molar-refractivity contribution in [1.82, 2.24) is 0 Å². The molecule has 0 bridgehead atoms. The second-order valence-electron chi connectivity index (χ2n) is 5.62. The molecule has 2 aromatic carbocycles. The molecule has 0 heterocycles. The van der Waals surface area contributed by atoms with E-state index >= 15 is 0 Å². The van der Waals surface area contributed by atoms with Gasteiger partial charge in [0.1, 0.15) is 11.5 Å². The van der Waals surface area contributed by atoms with Gasteiger partial charge in [0, 0.05) is 0 Å². The second kappa shape index (κ2) is 7.54. The van der Waals surface area contributed by atoms with E-state index in [0.29, 0.717) is 17.2 Å². The van der Waals surface area contributed by atoms with E-state index in [9.17, 15) is 18.3 Å². The molecule has 0 aliphatic heterocycles. The minimum Gasteiger partial charge on any atom is -0.457 e. The molecule has 2 aromatic rings. The van der Waals surface area contributed by atoms with Crippen molar-refractivity contribution >= 4 is 21.6 Å². The quantitative estimate of drug-likeness (QED) is 0.772. The predicted molar refractivity (Wildman–Crippen MR) is 95.1 cm³/mol. The number of benzene rings is 2. The highest BCUT2D eigenvalue weighted by Gasteiger charge is 2.23. The molecular formula is C17H20N2O5S. The number of nitrogens with two attached hydrogens (primary N) is 1. The van der Waals surface area contributed by atoms with Gasteiger partial charge in [-0.2, -0.15) is 0 Å². The third-order valence-electron chi connectivity index (χ3n) is 3.45. The van der Waals surface area contributed by atoms with Gasteiger partial charge in [-0.1, -0.05) is 17.7 Å². The number of primary amides is 1. The SMILES string of the molecule is Cc1ccc(Oc2ccc(N(C[C@H](O)C(N)=O)S(C)(=O)=O)cc2)cc1. The molecule has 0 aliphatic carbocycles. The summed E-state index contributed by atoms with van der Waals surface area (Å²) in [5.74, 6) is 0.187. The van der Waals surface area contributed by atoms with Gasteiger partial charge in [-0.05, 0) is 43.3 Å². The van der Waals surface area contributed by atoms with Crippen molar-refractivity contribution in [3.63, 3.8) is 0 Å². The van der Waals surface area contributed by atoms with Crippen LogP contribution in [0.15, 0.2) is 48.5 Å². The first kappa shape index (κ1) is 18.8. The number of aliphatic hydroxyl groups excluding tert-OH is 1. The van der Waals surface area contributed by atoms with Crippen LogP contribution in [0.5, 0.6) is 11.5 Å². The van der Waals surface area contributed by atoms with Gasteiger partial charge in [-0.3, -0.25) is 9.10 Å². The molecule has 0 unspecified atom stereocenters. The van der Waals surface area contributed by atoms with Crippen LogP contribution < -0.4 is 14.8 Å². The molecule has 3 N–H and O–H groups in total. The summed E-state index contributed by atoms with van der Waals surface area (Å²) in [6, 6.07) is 13.7. The third kappa shape index (κ3) is 5.20. The number of amides is 1. The summed E-state index contributed by atoms with van der Waals surface area (Å²) in [4.78, 5) is 11.0. The van der Waals surface area contributed by atoms with E-state index < -0.39 is 28.6 Å². The van der Waals surface area contributed by atoms with E-state index in [1.165, 1.54) is 12.1 Å². The molecule has 0 spiro atoms. The Hall–Kier alpha value is -2.58. The van der Waals surface area contributed by atoms with E-state index in [4.69, 9.17) is 10.5 Å². The number of nitrogens with zero attached hydrogens (tertiary/aromatic N) is 1.